The lowest BCUT2D eigenvalue weighted by atomic mass is 9.83. The number of benzene rings is 3. The maximum absolute atomic E-state index is 11.4. The first-order chi connectivity index (χ1) is 17.2. The van der Waals surface area contributed by atoms with Gasteiger partial charge in [-0.15, -0.1) is 11.3 Å². The number of nitro groups is 1. The zero-order valence-corrected chi connectivity index (χ0v) is 20.1. The molecule has 1 aromatic heterocycles. The summed E-state index contributed by atoms with van der Waals surface area (Å²) in [5, 5.41) is 18.4. The quantitative estimate of drug-likeness (QED) is 0.224. The lowest BCUT2D eigenvalue weighted by Gasteiger charge is -2.23. The first-order valence-electron chi connectivity index (χ1n) is 11.8. The number of thiazole rings is 1. The summed E-state index contributed by atoms with van der Waals surface area (Å²) in [5.74, 6) is 0.557. The summed E-state index contributed by atoms with van der Waals surface area (Å²) < 4.78 is 1.88. The summed E-state index contributed by atoms with van der Waals surface area (Å²) in [5.41, 5.74) is 5.32. The van der Waals surface area contributed by atoms with Crippen molar-refractivity contribution >= 4 is 22.7 Å². The van der Waals surface area contributed by atoms with Gasteiger partial charge in [0, 0.05) is 28.8 Å². The molecule has 0 aliphatic heterocycles. The molecule has 0 spiro atoms. The zero-order valence-electron chi connectivity index (χ0n) is 19.3. The summed E-state index contributed by atoms with van der Waals surface area (Å²) in [6.45, 7) is 0.552. The van der Waals surface area contributed by atoms with Crippen LogP contribution >= 0.6 is 11.3 Å². The fourth-order valence-corrected chi connectivity index (χ4v) is 5.31. The highest BCUT2D eigenvalue weighted by Crippen LogP contribution is 2.32. The molecule has 0 radical (unpaired) electrons. The Bertz CT molecular complexity index is 1400. The van der Waals surface area contributed by atoms with Gasteiger partial charge >= 0.3 is 0 Å². The monoisotopic (exact) mass is 482 g/mol. The zero-order chi connectivity index (χ0) is 24.0. The van der Waals surface area contributed by atoms with Crippen molar-refractivity contribution in [1.29, 1.82) is 0 Å². The van der Waals surface area contributed by atoms with E-state index in [4.69, 9.17) is 10.1 Å². The first kappa shape index (κ1) is 22.9. The lowest BCUT2D eigenvalue weighted by molar-refractivity contribution is -0.384. The summed E-state index contributed by atoms with van der Waals surface area (Å²) in [6, 6.07) is 27.5. The third-order valence-electron chi connectivity index (χ3n) is 6.35. The molecule has 0 unspecified atom stereocenters. The van der Waals surface area contributed by atoms with E-state index in [1.165, 1.54) is 23.0 Å². The Morgan fingerprint density at radius 1 is 0.943 bits per heavy atom. The molecule has 0 atom stereocenters. The van der Waals surface area contributed by atoms with E-state index in [0.29, 0.717) is 12.5 Å². The Morgan fingerprint density at radius 3 is 2.37 bits per heavy atom. The molecule has 5 rings (SSSR count). The first-order valence-corrected chi connectivity index (χ1v) is 12.7. The highest BCUT2D eigenvalue weighted by Gasteiger charge is 2.20. The number of nitro benzene ring substituents is 1. The molecule has 3 aromatic carbocycles. The SMILES string of the molecule is O=[N+]([O-])c1cccc(-c2csc(=NCc3ccccc3)n2N=C2CCC(c3ccccc3)CC2)c1. The van der Waals surface area contributed by atoms with Crippen molar-refractivity contribution in [2.45, 2.75) is 38.1 Å². The molecule has 1 aliphatic carbocycles. The molecule has 0 amide bonds. The van der Waals surface area contributed by atoms with E-state index in [9.17, 15) is 10.1 Å². The van der Waals surface area contributed by atoms with Crippen LogP contribution in [0.4, 0.5) is 5.69 Å². The summed E-state index contributed by atoms with van der Waals surface area (Å²) in [6.07, 6.45) is 3.98. The van der Waals surface area contributed by atoms with Gasteiger partial charge < -0.3 is 0 Å². The topological polar surface area (TPSA) is 72.8 Å². The van der Waals surface area contributed by atoms with Gasteiger partial charge in [-0.25, -0.2) is 4.68 Å². The number of non-ortho nitro benzene ring substituents is 1. The van der Waals surface area contributed by atoms with Gasteiger partial charge in [-0.05, 0) is 42.7 Å². The molecule has 1 aliphatic rings. The molecular formula is C28H26N4O2S. The van der Waals surface area contributed by atoms with Gasteiger partial charge in [0.05, 0.1) is 17.2 Å². The Kier molecular flexibility index (Phi) is 6.95. The second kappa shape index (κ2) is 10.6. The van der Waals surface area contributed by atoms with Gasteiger partial charge in [-0.1, -0.05) is 72.8 Å². The summed E-state index contributed by atoms with van der Waals surface area (Å²) in [4.78, 5) is 16.6. The van der Waals surface area contributed by atoms with Gasteiger partial charge in [0.2, 0.25) is 4.80 Å². The smallest absolute Gasteiger partial charge is 0.258 e. The van der Waals surface area contributed by atoms with E-state index in [1.807, 2.05) is 34.3 Å². The second-order valence-electron chi connectivity index (χ2n) is 8.68. The van der Waals surface area contributed by atoms with Crippen LogP contribution in [0.15, 0.2) is 100 Å². The largest absolute Gasteiger partial charge is 0.270 e. The fraction of sp³-hybridized carbons (Fsp3) is 0.214. The number of hydrogen-bond acceptors (Lipinski definition) is 5. The van der Waals surface area contributed by atoms with Gasteiger partial charge in [0.15, 0.2) is 0 Å². The Morgan fingerprint density at radius 2 is 1.66 bits per heavy atom. The van der Waals surface area contributed by atoms with Gasteiger partial charge in [0.1, 0.15) is 0 Å². The van der Waals surface area contributed by atoms with Crippen molar-refractivity contribution < 1.29 is 4.92 Å². The normalized spacial score (nSPS) is 16.3. The number of hydrogen-bond donors (Lipinski definition) is 0. The molecule has 4 aromatic rings. The van der Waals surface area contributed by atoms with Crippen LogP contribution < -0.4 is 4.80 Å². The molecule has 0 N–H and O–H groups in total. The summed E-state index contributed by atoms with van der Waals surface area (Å²) >= 11 is 1.51. The van der Waals surface area contributed by atoms with Crippen LogP contribution in [-0.2, 0) is 6.54 Å². The minimum Gasteiger partial charge on any atom is -0.258 e. The molecule has 1 fully saturated rings. The van der Waals surface area contributed by atoms with Crippen molar-refractivity contribution in [2.75, 3.05) is 0 Å². The lowest BCUT2D eigenvalue weighted by Crippen LogP contribution is -2.18. The highest BCUT2D eigenvalue weighted by molar-refractivity contribution is 7.07. The minimum absolute atomic E-state index is 0.0686. The number of nitrogens with zero attached hydrogens (tertiary/aromatic N) is 4. The maximum atomic E-state index is 11.4. The predicted molar refractivity (Wildman–Crippen MR) is 141 cm³/mol. The fourth-order valence-electron chi connectivity index (χ4n) is 4.47. The molecule has 176 valence electrons. The van der Waals surface area contributed by atoms with Crippen LogP contribution in [0.1, 0.15) is 42.7 Å². The number of aromatic nitrogens is 1. The second-order valence-corrected chi connectivity index (χ2v) is 9.51. The van der Waals surface area contributed by atoms with E-state index < -0.39 is 0 Å². The molecule has 35 heavy (non-hydrogen) atoms. The van der Waals surface area contributed by atoms with Gasteiger partial charge in [0.25, 0.3) is 5.69 Å². The minimum atomic E-state index is -0.363. The third-order valence-corrected chi connectivity index (χ3v) is 7.21. The average Bonchev–Trinajstić information content (AvgIpc) is 3.31. The van der Waals surface area contributed by atoms with Crippen LogP contribution in [0.5, 0.6) is 0 Å². The van der Waals surface area contributed by atoms with Crippen molar-refractivity contribution in [3.63, 3.8) is 0 Å². The van der Waals surface area contributed by atoms with Crippen molar-refractivity contribution in [2.24, 2.45) is 10.1 Å². The summed E-state index contributed by atoms with van der Waals surface area (Å²) in [7, 11) is 0. The Balaban J connectivity index is 1.48. The maximum Gasteiger partial charge on any atom is 0.270 e. The molecule has 0 bridgehead atoms. The number of rotatable bonds is 6. The van der Waals surface area contributed by atoms with E-state index in [-0.39, 0.29) is 10.6 Å². The molecule has 1 heterocycles. The predicted octanol–water partition coefficient (Wildman–Crippen LogP) is 6.79. The van der Waals surface area contributed by atoms with Crippen LogP contribution in [0.25, 0.3) is 11.3 Å². The Labute approximate surface area is 208 Å². The van der Waals surface area contributed by atoms with Crippen LogP contribution in [-0.4, -0.2) is 15.3 Å². The van der Waals surface area contributed by atoms with E-state index in [1.54, 1.807) is 12.1 Å². The van der Waals surface area contributed by atoms with Crippen LogP contribution in [0, 0.1) is 10.1 Å². The van der Waals surface area contributed by atoms with E-state index in [0.717, 1.165) is 53.0 Å². The van der Waals surface area contributed by atoms with Gasteiger partial charge in [-0.2, -0.15) is 5.10 Å². The standard InChI is InChI=1S/C28H26N4O2S/c33-32(34)26-13-7-12-24(18-26)27-20-35-28(29-19-21-8-3-1-4-9-21)31(27)30-25-16-14-23(15-17-25)22-10-5-2-6-11-22/h1-13,18,20,23H,14-17,19H2. The van der Waals surface area contributed by atoms with Crippen molar-refractivity contribution in [1.82, 2.24) is 4.68 Å². The molecule has 7 heteroatoms. The Hall–Kier alpha value is -3.84. The highest BCUT2D eigenvalue weighted by atomic mass is 32.1. The third kappa shape index (κ3) is 5.46. The van der Waals surface area contributed by atoms with Crippen LogP contribution in [0.2, 0.25) is 0 Å². The van der Waals surface area contributed by atoms with Crippen LogP contribution in [0.3, 0.4) is 0 Å². The van der Waals surface area contributed by atoms with Gasteiger partial charge in [-0.3, -0.25) is 15.1 Å². The molecule has 0 saturated heterocycles. The molecular weight excluding hydrogens is 456 g/mol. The van der Waals surface area contributed by atoms with E-state index in [2.05, 4.69) is 42.5 Å². The van der Waals surface area contributed by atoms with Crippen molar-refractivity contribution in [3.8, 4) is 11.3 Å². The van der Waals surface area contributed by atoms with Crippen molar-refractivity contribution in [3.05, 3.63) is 116 Å². The molecule has 1 saturated carbocycles. The average molecular weight is 483 g/mol. The van der Waals surface area contributed by atoms with E-state index >= 15 is 0 Å². The molecule has 6 nitrogen and oxygen atoms in total.